The van der Waals surface area contributed by atoms with Crippen LogP contribution in [0.15, 0.2) is 60.7 Å². The third kappa shape index (κ3) is 1.61. The Morgan fingerprint density at radius 2 is 1.65 bits per heavy atom. The van der Waals surface area contributed by atoms with Crippen molar-refractivity contribution in [2.24, 2.45) is 0 Å². The van der Waals surface area contributed by atoms with Crippen LogP contribution in [-0.2, 0) is 6.42 Å². The molecule has 0 spiro atoms. The number of hydrogen-bond donors (Lipinski definition) is 0. The third-order valence-corrected chi connectivity index (χ3v) is 4.28. The van der Waals surface area contributed by atoms with Gasteiger partial charge in [-0.25, -0.2) is 0 Å². The molecule has 4 rings (SSSR count). The molecule has 0 saturated carbocycles. The van der Waals surface area contributed by atoms with Gasteiger partial charge in [-0.2, -0.15) is 0 Å². The van der Waals surface area contributed by atoms with E-state index in [2.05, 4.69) is 73.7 Å². The minimum absolute atomic E-state index is 1.07. The van der Waals surface area contributed by atoms with Crippen LogP contribution in [0, 0.1) is 6.92 Å². The predicted octanol–water partition coefficient (Wildman–Crippen LogP) is 5.38. The van der Waals surface area contributed by atoms with Gasteiger partial charge in [-0.3, -0.25) is 0 Å². The van der Waals surface area contributed by atoms with Gasteiger partial charge in [-0.15, -0.1) is 0 Å². The maximum atomic E-state index is 2.28. The van der Waals surface area contributed by atoms with Crippen molar-refractivity contribution in [2.45, 2.75) is 13.3 Å². The van der Waals surface area contributed by atoms with E-state index < -0.39 is 0 Å². The number of hydrogen-bond acceptors (Lipinski definition) is 0. The Kier molecular flexibility index (Phi) is 2.50. The number of benzene rings is 3. The predicted molar refractivity (Wildman–Crippen MR) is 86.9 cm³/mol. The summed E-state index contributed by atoms with van der Waals surface area (Å²) < 4.78 is 0. The molecule has 0 aromatic heterocycles. The summed E-state index contributed by atoms with van der Waals surface area (Å²) in [5.74, 6) is 0. The Bertz CT molecular complexity index is 833. The monoisotopic (exact) mass is 256 g/mol. The number of aryl methyl sites for hydroxylation is 1. The van der Waals surface area contributed by atoms with E-state index in [0.717, 1.165) is 6.42 Å². The van der Waals surface area contributed by atoms with Crippen molar-refractivity contribution in [1.82, 2.24) is 0 Å². The van der Waals surface area contributed by atoms with E-state index in [9.17, 15) is 0 Å². The minimum atomic E-state index is 1.07. The average molecular weight is 256 g/mol. The molecule has 1 aliphatic rings. The summed E-state index contributed by atoms with van der Waals surface area (Å²) in [5, 5.41) is 2.64. The molecule has 96 valence electrons. The van der Waals surface area contributed by atoms with Gasteiger partial charge in [0.1, 0.15) is 0 Å². The van der Waals surface area contributed by atoms with E-state index in [4.69, 9.17) is 0 Å². The smallest absolute Gasteiger partial charge is 0.00853 e. The first-order valence-electron chi connectivity index (χ1n) is 7.12. The summed E-state index contributed by atoms with van der Waals surface area (Å²) in [7, 11) is 0. The van der Waals surface area contributed by atoms with Crippen LogP contribution in [0.2, 0.25) is 0 Å². The second kappa shape index (κ2) is 4.35. The highest BCUT2D eigenvalue weighted by Crippen LogP contribution is 2.36. The molecule has 0 bridgehead atoms. The number of fused-ring (bicyclic) bond motifs is 2. The van der Waals surface area contributed by atoms with Gasteiger partial charge >= 0.3 is 0 Å². The molecule has 0 aliphatic heterocycles. The SMILES string of the molecule is Cc1ccc(-c2cccc3ccccc23)c2c1CC=C2. The van der Waals surface area contributed by atoms with Crippen LogP contribution in [0.5, 0.6) is 0 Å². The Labute approximate surface area is 119 Å². The standard InChI is InChI=1S/C20H16/c1-14-12-13-20(18-11-5-9-16(14)18)19-10-4-7-15-6-2-3-8-17(15)19/h2-8,10-13H,9H2,1H3. The van der Waals surface area contributed by atoms with E-state index in [1.807, 2.05) is 0 Å². The molecule has 0 atom stereocenters. The highest BCUT2D eigenvalue weighted by molar-refractivity contribution is 5.99. The van der Waals surface area contributed by atoms with Crippen molar-refractivity contribution in [2.75, 3.05) is 0 Å². The van der Waals surface area contributed by atoms with Gasteiger partial charge in [0, 0.05) is 0 Å². The zero-order valence-electron chi connectivity index (χ0n) is 11.6. The lowest BCUT2D eigenvalue weighted by Crippen LogP contribution is -1.92. The largest absolute Gasteiger partial charge is 0.0795 e. The second-order valence-electron chi connectivity index (χ2n) is 5.46. The molecule has 0 N–H and O–H groups in total. The Morgan fingerprint density at radius 3 is 2.60 bits per heavy atom. The summed E-state index contributed by atoms with van der Waals surface area (Å²) >= 11 is 0. The molecule has 20 heavy (non-hydrogen) atoms. The highest BCUT2D eigenvalue weighted by atomic mass is 14.2. The topological polar surface area (TPSA) is 0 Å². The van der Waals surface area contributed by atoms with Crippen LogP contribution in [0.1, 0.15) is 16.7 Å². The van der Waals surface area contributed by atoms with Crippen LogP contribution in [0.25, 0.3) is 28.0 Å². The molecule has 1 aliphatic carbocycles. The fourth-order valence-corrected chi connectivity index (χ4v) is 3.22. The lowest BCUT2D eigenvalue weighted by atomic mass is 9.91. The van der Waals surface area contributed by atoms with Gasteiger partial charge in [0.05, 0.1) is 0 Å². The molecule has 0 saturated heterocycles. The van der Waals surface area contributed by atoms with Gasteiger partial charge in [-0.05, 0) is 51.9 Å². The Morgan fingerprint density at radius 1 is 0.800 bits per heavy atom. The molecule has 3 aromatic rings. The normalized spacial score (nSPS) is 12.8. The van der Waals surface area contributed by atoms with Crippen molar-refractivity contribution < 1.29 is 0 Å². The summed E-state index contributed by atoms with van der Waals surface area (Å²) in [6, 6.07) is 19.7. The highest BCUT2D eigenvalue weighted by Gasteiger charge is 2.14. The van der Waals surface area contributed by atoms with Gasteiger partial charge in [0.25, 0.3) is 0 Å². The molecule has 0 heteroatoms. The van der Waals surface area contributed by atoms with E-state index in [1.54, 1.807) is 0 Å². The maximum absolute atomic E-state index is 2.28. The van der Waals surface area contributed by atoms with Gasteiger partial charge in [0.2, 0.25) is 0 Å². The van der Waals surface area contributed by atoms with Crippen molar-refractivity contribution in [3.8, 4) is 11.1 Å². The first kappa shape index (κ1) is 11.5. The molecule has 0 heterocycles. The van der Waals surface area contributed by atoms with Crippen molar-refractivity contribution in [3.05, 3.63) is 77.4 Å². The fraction of sp³-hybridized carbons (Fsp3) is 0.100. The van der Waals surface area contributed by atoms with Gasteiger partial charge in [-0.1, -0.05) is 66.7 Å². The van der Waals surface area contributed by atoms with Crippen LogP contribution in [0.3, 0.4) is 0 Å². The van der Waals surface area contributed by atoms with E-state index in [1.165, 1.54) is 38.6 Å². The van der Waals surface area contributed by atoms with Crippen LogP contribution in [0.4, 0.5) is 0 Å². The van der Waals surface area contributed by atoms with Gasteiger partial charge in [0.15, 0.2) is 0 Å². The molecule has 0 nitrogen and oxygen atoms in total. The Balaban J connectivity index is 2.06. The van der Waals surface area contributed by atoms with E-state index in [0.29, 0.717) is 0 Å². The summed E-state index contributed by atoms with van der Waals surface area (Å²) in [6.45, 7) is 2.21. The fourth-order valence-electron chi connectivity index (χ4n) is 3.22. The molecular formula is C20H16. The van der Waals surface area contributed by atoms with Crippen molar-refractivity contribution in [3.63, 3.8) is 0 Å². The first-order valence-corrected chi connectivity index (χ1v) is 7.12. The second-order valence-corrected chi connectivity index (χ2v) is 5.46. The van der Waals surface area contributed by atoms with Crippen molar-refractivity contribution in [1.29, 1.82) is 0 Å². The van der Waals surface area contributed by atoms with Gasteiger partial charge < -0.3 is 0 Å². The summed E-state index contributed by atoms with van der Waals surface area (Å²) in [5.41, 5.74) is 6.98. The third-order valence-electron chi connectivity index (χ3n) is 4.28. The number of allylic oxidation sites excluding steroid dienone is 1. The van der Waals surface area contributed by atoms with Crippen LogP contribution in [-0.4, -0.2) is 0 Å². The van der Waals surface area contributed by atoms with Crippen LogP contribution < -0.4 is 0 Å². The lowest BCUT2D eigenvalue weighted by Gasteiger charge is -2.13. The molecule has 0 amide bonds. The minimum Gasteiger partial charge on any atom is -0.0795 e. The zero-order valence-corrected chi connectivity index (χ0v) is 11.6. The maximum Gasteiger partial charge on any atom is -0.00853 e. The lowest BCUT2D eigenvalue weighted by molar-refractivity contribution is 1.24. The quantitative estimate of drug-likeness (QED) is 0.548. The Hall–Kier alpha value is -2.34. The molecule has 0 unspecified atom stereocenters. The number of rotatable bonds is 1. The van der Waals surface area contributed by atoms with E-state index in [-0.39, 0.29) is 0 Å². The molecule has 0 radical (unpaired) electrons. The molecule has 3 aromatic carbocycles. The summed E-state index contributed by atoms with van der Waals surface area (Å²) in [4.78, 5) is 0. The average Bonchev–Trinajstić information content (AvgIpc) is 2.98. The van der Waals surface area contributed by atoms with Crippen molar-refractivity contribution >= 4 is 16.8 Å². The van der Waals surface area contributed by atoms with E-state index >= 15 is 0 Å². The first-order chi connectivity index (χ1) is 9.84. The van der Waals surface area contributed by atoms with Crippen LogP contribution >= 0.6 is 0 Å². The molecular weight excluding hydrogens is 240 g/mol. The zero-order chi connectivity index (χ0) is 13.5. The summed E-state index contributed by atoms with van der Waals surface area (Å²) in [6.07, 6.45) is 5.62. The molecule has 0 fully saturated rings.